The summed E-state index contributed by atoms with van der Waals surface area (Å²) in [7, 11) is -2.68. The van der Waals surface area contributed by atoms with E-state index in [2.05, 4.69) is 4.72 Å². The standard InChI is InChI=1S/C13H16FNO5S/c1-20-11-4-3-9(7-10(11)14)21(18,19)15-8-13(12(16)17)5-2-6-13/h3-4,7,15H,2,5-6,8H2,1H3,(H,16,17). The van der Waals surface area contributed by atoms with E-state index < -0.39 is 27.2 Å². The normalized spacial score (nSPS) is 17.0. The van der Waals surface area contributed by atoms with E-state index in [-0.39, 0.29) is 17.2 Å². The van der Waals surface area contributed by atoms with E-state index in [1.165, 1.54) is 19.2 Å². The van der Waals surface area contributed by atoms with E-state index in [0.29, 0.717) is 12.8 Å². The second-order valence-electron chi connectivity index (χ2n) is 5.06. The first-order valence-corrected chi connectivity index (χ1v) is 7.86. The third-order valence-corrected chi connectivity index (χ3v) is 5.20. The third-order valence-electron chi connectivity index (χ3n) is 3.80. The van der Waals surface area contributed by atoms with Gasteiger partial charge in [-0.1, -0.05) is 6.42 Å². The fraction of sp³-hybridized carbons (Fsp3) is 0.462. The van der Waals surface area contributed by atoms with Crippen LogP contribution in [0, 0.1) is 11.2 Å². The number of carboxylic acid groups (broad SMARTS) is 1. The summed E-state index contributed by atoms with van der Waals surface area (Å²) < 4.78 is 44.7. The Labute approximate surface area is 122 Å². The smallest absolute Gasteiger partial charge is 0.310 e. The molecule has 0 aromatic heterocycles. The van der Waals surface area contributed by atoms with Gasteiger partial charge >= 0.3 is 5.97 Å². The number of rotatable bonds is 6. The number of hydrogen-bond acceptors (Lipinski definition) is 4. The molecule has 0 bridgehead atoms. The van der Waals surface area contributed by atoms with Gasteiger partial charge in [0.1, 0.15) is 0 Å². The highest BCUT2D eigenvalue weighted by molar-refractivity contribution is 7.89. The fourth-order valence-corrected chi connectivity index (χ4v) is 3.34. The second kappa shape index (κ2) is 5.61. The monoisotopic (exact) mass is 317 g/mol. The van der Waals surface area contributed by atoms with Crippen LogP contribution in [-0.4, -0.2) is 33.1 Å². The highest BCUT2D eigenvalue weighted by Gasteiger charge is 2.45. The van der Waals surface area contributed by atoms with Crippen LogP contribution >= 0.6 is 0 Å². The van der Waals surface area contributed by atoms with Gasteiger partial charge in [-0.3, -0.25) is 4.79 Å². The van der Waals surface area contributed by atoms with Crippen LogP contribution in [0.1, 0.15) is 19.3 Å². The molecule has 0 spiro atoms. The number of sulfonamides is 1. The van der Waals surface area contributed by atoms with Gasteiger partial charge in [0.2, 0.25) is 10.0 Å². The van der Waals surface area contributed by atoms with Gasteiger partial charge in [0.05, 0.1) is 17.4 Å². The first kappa shape index (κ1) is 15.7. The molecule has 0 saturated heterocycles. The SMILES string of the molecule is COc1ccc(S(=O)(=O)NCC2(C(=O)O)CCC2)cc1F. The highest BCUT2D eigenvalue weighted by atomic mass is 32.2. The summed E-state index contributed by atoms with van der Waals surface area (Å²) in [6.07, 6.45) is 1.62. The Balaban J connectivity index is 2.15. The number of halogens is 1. The Morgan fingerprint density at radius 1 is 1.48 bits per heavy atom. The van der Waals surface area contributed by atoms with Crippen molar-refractivity contribution in [3.8, 4) is 5.75 Å². The van der Waals surface area contributed by atoms with Crippen molar-refractivity contribution in [1.82, 2.24) is 4.72 Å². The minimum atomic E-state index is -3.96. The molecule has 1 aliphatic rings. The number of aliphatic carboxylic acids is 1. The molecule has 8 heteroatoms. The molecule has 1 aliphatic carbocycles. The van der Waals surface area contributed by atoms with Crippen molar-refractivity contribution in [2.24, 2.45) is 5.41 Å². The number of hydrogen-bond donors (Lipinski definition) is 2. The first-order valence-electron chi connectivity index (χ1n) is 6.37. The molecule has 2 N–H and O–H groups in total. The summed E-state index contributed by atoms with van der Waals surface area (Å²) in [6, 6.07) is 3.26. The molecule has 116 valence electrons. The van der Waals surface area contributed by atoms with Crippen LogP contribution in [0.2, 0.25) is 0 Å². The number of carboxylic acids is 1. The molecule has 2 rings (SSSR count). The summed E-state index contributed by atoms with van der Waals surface area (Å²) >= 11 is 0. The molecule has 1 saturated carbocycles. The zero-order chi connectivity index (χ0) is 15.7. The Morgan fingerprint density at radius 3 is 2.57 bits per heavy atom. The minimum absolute atomic E-state index is 0.0602. The summed E-state index contributed by atoms with van der Waals surface area (Å²) in [5.41, 5.74) is -1.04. The van der Waals surface area contributed by atoms with E-state index in [0.717, 1.165) is 12.5 Å². The maximum atomic E-state index is 13.5. The van der Waals surface area contributed by atoms with Crippen molar-refractivity contribution in [3.63, 3.8) is 0 Å². The molecule has 0 atom stereocenters. The van der Waals surface area contributed by atoms with Gasteiger partial charge < -0.3 is 9.84 Å². The Bertz CT molecular complexity index is 655. The van der Waals surface area contributed by atoms with Crippen LogP contribution in [0.5, 0.6) is 5.75 Å². The molecule has 0 heterocycles. The average molecular weight is 317 g/mol. The van der Waals surface area contributed by atoms with Crippen molar-refractivity contribution in [2.75, 3.05) is 13.7 Å². The molecular formula is C13H16FNO5S. The average Bonchev–Trinajstić information content (AvgIpc) is 2.36. The predicted molar refractivity (Wildman–Crippen MR) is 72.1 cm³/mol. The largest absolute Gasteiger partial charge is 0.494 e. The molecule has 1 aromatic carbocycles. The Hall–Kier alpha value is -1.67. The number of ether oxygens (including phenoxy) is 1. The van der Waals surface area contributed by atoms with E-state index in [1.54, 1.807) is 0 Å². The topological polar surface area (TPSA) is 92.7 Å². The molecule has 0 unspecified atom stereocenters. The zero-order valence-electron chi connectivity index (χ0n) is 11.4. The van der Waals surface area contributed by atoms with Gasteiger partial charge in [-0.2, -0.15) is 0 Å². The molecule has 0 aliphatic heterocycles. The lowest BCUT2D eigenvalue weighted by Crippen LogP contribution is -2.47. The maximum absolute atomic E-state index is 13.5. The van der Waals surface area contributed by atoms with E-state index in [9.17, 15) is 17.6 Å². The van der Waals surface area contributed by atoms with Crippen molar-refractivity contribution in [3.05, 3.63) is 24.0 Å². The lowest BCUT2D eigenvalue weighted by molar-refractivity contribution is -0.153. The minimum Gasteiger partial charge on any atom is -0.494 e. The van der Waals surface area contributed by atoms with Crippen molar-refractivity contribution < 1.29 is 27.4 Å². The van der Waals surface area contributed by atoms with Gasteiger partial charge in [0, 0.05) is 6.54 Å². The second-order valence-corrected chi connectivity index (χ2v) is 6.83. The van der Waals surface area contributed by atoms with E-state index in [4.69, 9.17) is 9.84 Å². The predicted octanol–water partition coefficient (Wildman–Crippen LogP) is 1.37. The van der Waals surface area contributed by atoms with Gasteiger partial charge in [-0.05, 0) is 31.0 Å². The quantitative estimate of drug-likeness (QED) is 0.826. The van der Waals surface area contributed by atoms with Crippen molar-refractivity contribution >= 4 is 16.0 Å². The van der Waals surface area contributed by atoms with Crippen molar-refractivity contribution in [1.29, 1.82) is 0 Å². The Morgan fingerprint density at radius 2 is 2.14 bits per heavy atom. The van der Waals surface area contributed by atoms with Crippen LogP contribution in [-0.2, 0) is 14.8 Å². The van der Waals surface area contributed by atoms with Crippen LogP contribution in [0.3, 0.4) is 0 Å². The molecule has 0 radical (unpaired) electrons. The summed E-state index contributed by atoms with van der Waals surface area (Å²) in [5, 5.41) is 9.15. The van der Waals surface area contributed by atoms with E-state index >= 15 is 0 Å². The van der Waals surface area contributed by atoms with Crippen molar-refractivity contribution in [2.45, 2.75) is 24.2 Å². The van der Waals surface area contributed by atoms with Gasteiger partial charge in [0.15, 0.2) is 11.6 Å². The lowest BCUT2D eigenvalue weighted by atomic mass is 9.69. The van der Waals surface area contributed by atoms with Gasteiger partial charge in [-0.15, -0.1) is 0 Å². The van der Waals surface area contributed by atoms with Gasteiger partial charge in [-0.25, -0.2) is 17.5 Å². The molecule has 21 heavy (non-hydrogen) atoms. The summed E-state index contributed by atoms with van der Waals surface area (Å²) in [6.45, 7) is -0.196. The number of nitrogens with one attached hydrogen (secondary N) is 1. The molecule has 1 aromatic rings. The third kappa shape index (κ3) is 3.01. The van der Waals surface area contributed by atoms with E-state index in [1.807, 2.05) is 0 Å². The maximum Gasteiger partial charge on any atom is 0.310 e. The number of benzene rings is 1. The van der Waals surface area contributed by atoms with Crippen LogP contribution < -0.4 is 9.46 Å². The zero-order valence-corrected chi connectivity index (χ0v) is 12.2. The van der Waals surface area contributed by atoms with Crippen LogP contribution in [0.25, 0.3) is 0 Å². The van der Waals surface area contributed by atoms with Gasteiger partial charge in [0.25, 0.3) is 0 Å². The lowest BCUT2D eigenvalue weighted by Gasteiger charge is -2.37. The highest BCUT2D eigenvalue weighted by Crippen LogP contribution is 2.40. The van der Waals surface area contributed by atoms with Crippen LogP contribution in [0.4, 0.5) is 4.39 Å². The van der Waals surface area contributed by atoms with Crippen LogP contribution in [0.15, 0.2) is 23.1 Å². The summed E-state index contributed by atoms with van der Waals surface area (Å²) in [5.74, 6) is -1.87. The molecule has 1 fully saturated rings. The first-order chi connectivity index (χ1) is 9.81. The molecule has 6 nitrogen and oxygen atoms in total. The Kier molecular flexibility index (Phi) is 4.20. The number of methoxy groups -OCH3 is 1. The number of carbonyl (C=O) groups is 1. The summed E-state index contributed by atoms with van der Waals surface area (Å²) in [4.78, 5) is 10.9. The molecule has 0 amide bonds. The fourth-order valence-electron chi connectivity index (χ4n) is 2.20. The molecular weight excluding hydrogens is 301 g/mol.